The van der Waals surface area contributed by atoms with Gasteiger partial charge >= 0.3 is 0 Å². The first-order valence-electron chi connectivity index (χ1n) is 4.99. The van der Waals surface area contributed by atoms with Gasteiger partial charge in [0, 0.05) is 13.8 Å². The van der Waals surface area contributed by atoms with Gasteiger partial charge in [0.05, 0.1) is 10.4 Å². The molecule has 0 fully saturated rings. The SMILES string of the molecule is CNC(c1ccc(Cl)s1)c1cc(Br)ccc1Br. The molecule has 0 saturated carbocycles. The first kappa shape index (κ1) is 13.6. The first-order chi connectivity index (χ1) is 8.11. The van der Waals surface area contributed by atoms with Crippen LogP contribution < -0.4 is 5.32 Å². The van der Waals surface area contributed by atoms with E-state index in [9.17, 15) is 0 Å². The van der Waals surface area contributed by atoms with Gasteiger partial charge in [-0.2, -0.15) is 0 Å². The molecule has 1 N–H and O–H groups in total. The number of halogens is 3. The molecule has 1 nitrogen and oxygen atoms in total. The predicted octanol–water partition coefficient (Wildman–Crippen LogP) is 5.24. The third kappa shape index (κ3) is 3.12. The fourth-order valence-corrected chi connectivity index (χ4v) is 3.71. The first-order valence-corrected chi connectivity index (χ1v) is 7.77. The third-order valence-corrected chi connectivity index (χ3v) is 4.95. The van der Waals surface area contributed by atoms with Crippen LogP contribution in [0.2, 0.25) is 4.34 Å². The molecule has 1 unspecified atom stereocenters. The van der Waals surface area contributed by atoms with E-state index in [1.165, 1.54) is 10.4 Å². The molecule has 90 valence electrons. The van der Waals surface area contributed by atoms with Gasteiger partial charge in [-0.05, 0) is 42.9 Å². The molecule has 2 rings (SSSR count). The molecular formula is C12H10Br2ClNS. The molecule has 17 heavy (non-hydrogen) atoms. The van der Waals surface area contributed by atoms with Crippen LogP contribution in [0, 0.1) is 0 Å². The lowest BCUT2D eigenvalue weighted by Crippen LogP contribution is -2.16. The number of hydrogen-bond acceptors (Lipinski definition) is 2. The summed E-state index contributed by atoms with van der Waals surface area (Å²) >= 11 is 14.7. The zero-order chi connectivity index (χ0) is 12.4. The molecule has 1 aromatic carbocycles. The molecule has 1 atom stereocenters. The highest BCUT2D eigenvalue weighted by molar-refractivity contribution is 9.11. The number of rotatable bonds is 3. The zero-order valence-electron chi connectivity index (χ0n) is 9.01. The Labute approximate surface area is 126 Å². The molecule has 0 aliphatic heterocycles. The smallest absolute Gasteiger partial charge is 0.0931 e. The Hall–Kier alpha value is 0.130. The second-order valence-corrected chi connectivity index (χ2v) is 7.05. The topological polar surface area (TPSA) is 12.0 Å². The largest absolute Gasteiger partial charge is 0.309 e. The van der Waals surface area contributed by atoms with Crippen LogP contribution in [-0.2, 0) is 0 Å². The number of benzene rings is 1. The molecule has 0 amide bonds. The van der Waals surface area contributed by atoms with Crippen molar-refractivity contribution in [2.24, 2.45) is 0 Å². The maximum absolute atomic E-state index is 5.99. The second-order valence-electron chi connectivity index (χ2n) is 3.53. The van der Waals surface area contributed by atoms with E-state index >= 15 is 0 Å². The van der Waals surface area contributed by atoms with Crippen molar-refractivity contribution >= 4 is 54.8 Å². The summed E-state index contributed by atoms with van der Waals surface area (Å²) in [5, 5.41) is 3.32. The van der Waals surface area contributed by atoms with Gasteiger partial charge in [-0.25, -0.2) is 0 Å². The number of thiophene rings is 1. The van der Waals surface area contributed by atoms with Crippen molar-refractivity contribution in [1.29, 1.82) is 0 Å². The van der Waals surface area contributed by atoms with Gasteiger partial charge in [-0.15, -0.1) is 11.3 Å². The van der Waals surface area contributed by atoms with Crippen molar-refractivity contribution in [2.75, 3.05) is 7.05 Å². The molecule has 0 radical (unpaired) electrons. The quantitative estimate of drug-likeness (QED) is 0.750. The van der Waals surface area contributed by atoms with Gasteiger partial charge in [0.2, 0.25) is 0 Å². The van der Waals surface area contributed by atoms with E-state index in [0.29, 0.717) is 0 Å². The van der Waals surface area contributed by atoms with E-state index < -0.39 is 0 Å². The highest BCUT2D eigenvalue weighted by Crippen LogP contribution is 2.35. The molecule has 2 aromatic rings. The minimum Gasteiger partial charge on any atom is -0.309 e. The van der Waals surface area contributed by atoms with Gasteiger partial charge < -0.3 is 5.32 Å². The van der Waals surface area contributed by atoms with Crippen molar-refractivity contribution in [3.05, 3.63) is 54.1 Å². The number of nitrogens with one attached hydrogen (secondary N) is 1. The molecule has 0 aliphatic carbocycles. The van der Waals surface area contributed by atoms with Crippen LogP contribution in [0.4, 0.5) is 0 Å². The average Bonchev–Trinajstić information content (AvgIpc) is 2.71. The Morgan fingerprint density at radius 2 is 2.00 bits per heavy atom. The van der Waals surface area contributed by atoms with Gasteiger partial charge in [0.15, 0.2) is 0 Å². The van der Waals surface area contributed by atoms with Gasteiger partial charge in [-0.3, -0.25) is 0 Å². The van der Waals surface area contributed by atoms with E-state index in [1.54, 1.807) is 11.3 Å². The summed E-state index contributed by atoms with van der Waals surface area (Å²) in [5.41, 5.74) is 1.19. The van der Waals surface area contributed by atoms with Crippen molar-refractivity contribution in [2.45, 2.75) is 6.04 Å². The van der Waals surface area contributed by atoms with E-state index in [0.717, 1.165) is 13.3 Å². The Morgan fingerprint density at radius 1 is 1.24 bits per heavy atom. The van der Waals surface area contributed by atoms with Gasteiger partial charge in [0.1, 0.15) is 0 Å². The number of hydrogen-bond donors (Lipinski definition) is 1. The molecule has 0 spiro atoms. The maximum atomic E-state index is 5.99. The highest BCUT2D eigenvalue weighted by Gasteiger charge is 2.17. The summed E-state index contributed by atoms with van der Waals surface area (Å²) in [5.74, 6) is 0. The normalized spacial score (nSPS) is 12.7. The standard InChI is InChI=1S/C12H10Br2ClNS/c1-16-12(10-4-5-11(15)17-10)8-6-7(13)2-3-9(8)14/h2-6,12,16H,1H3. The fraction of sp³-hybridized carbons (Fsp3) is 0.167. The van der Waals surface area contributed by atoms with E-state index in [1.807, 2.05) is 25.2 Å². The molecule has 0 aliphatic rings. The predicted molar refractivity (Wildman–Crippen MR) is 82.1 cm³/mol. The maximum Gasteiger partial charge on any atom is 0.0931 e. The average molecular weight is 396 g/mol. The van der Waals surface area contributed by atoms with Crippen LogP contribution in [0.25, 0.3) is 0 Å². The lowest BCUT2D eigenvalue weighted by Gasteiger charge is -2.17. The third-order valence-electron chi connectivity index (χ3n) is 2.44. The van der Waals surface area contributed by atoms with Crippen molar-refractivity contribution < 1.29 is 0 Å². The molecular weight excluding hydrogens is 385 g/mol. The second kappa shape index (κ2) is 5.85. The van der Waals surface area contributed by atoms with Crippen LogP contribution in [0.5, 0.6) is 0 Å². The Bertz CT molecular complexity index is 527. The van der Waals surface area contributed by atoms with Crippen LogP contribution >= 0.6 is 54.8 Å². The molecule has 5 heteroatoms. The minimum atomic E-state index is 0.152. The Kier molecular flexibility index (Phi) is 4.66. The molecule has 1 heterocycles. The van der Waals surface area contributed by atoms with Gasteiger partial charge in [-0.1, -0.05) is 43.5 Å². The van der Waals surface area contributed by atoms with Crippen LogP contribution in [-0.4, -0.2) is 7.05 Å². The van der Waals surface area contributed by atoms with Crippen molar-refractivity contribution in [3.8, 4) is 0 Å². The van der Waals surface area contributed by atoms with Crippen LogP contribution in [0.15, 0.2) is 39.3 Å². The lowest BCUT2D eigenvalue weighted by atomic mass is 10.1. The summed E-state index contributed by atoms with van der Waals surface area (Å²) in [4.78, 5) is 1.20. The zero-order valence-corrected chi connectivity index (χ0v) is 13.8. The molecule has 0 saturated heterocycles. The van der Waals surface area contributed by atoms with Gasteiger partial charge in [0.25, 0.3) is 0 Å². The minimum absolute atomic E-state index is 0.152. The van der Waals surface area contributed by atoms with E-state index in [2.05, 4.69) is 49.3 Å². The fourth-order valence-electron chi connectivity index (χ4n) is 1.67. The molecule has 1 aromatic heterocycles. The monoisotopic (exact) mass is 393 g/mol. The van der Waals surface area contributed by atoms with E-state index in [-0.39, 0.29) is 6.04 Å². The van der Waals surface area contributed by atoms with Crippen molar-refractivity contribution in [3.63, 3.8) is 0 Å². The summed E-state index contributed by atoms with van der Waals surface area (Å²) < 4.78 is 2.97. The molecule has 0 bridgehead atoms. The summed E-state index contributed by atoms with van der Waals surface area (Å²) in [7, 11) is 1.95. The van der Waals surface area contributed by atoms with Crippen molar-refractivity contribution in [1.82, 2.24) is 5.32 Å². The Balaban J connectivity index is 2.45. The highest BCUT2D eigenvalue weighted by atomic mass is 79.9. The summed E-state index contributed by atoms with van der Waals surface area (Å²) in [6, 6.07) is 10.3. The van der Waals surface area contributed by atoms with Crippen LogP contribution in [0.3, 0.4) is 0 Å². The summed E-state index contributed by atoms with van der Waals surface area (Å²) in [6.07, 6.45) is 0. The van der Waals surface area contributed by atoms with Crippen LogP contribution in [0.1, 0.15) is 16.5 Å². The lowest BCUT2D eigenvalue weighted by molar-refractivity contribution is 0.700. The Morgan fingerprint density at radius 3 is 2.59 bits per heavy atom. The summed E-state index contributed by atoms with van der Waals surface area (Å²) in [6.45, 7) is 0. The van der Waals surface area contributed by atoms with E-state index in [4.69, 9.17) is 11.6 Å².